The molecular weight excluding hydrogens is 484 g/mol. The first-order valence-corrected chi connectivity index (χ1v) is 11.5. The third-order valence-corrected chi connectivity index (χ3v) is 6.34. The molecular formula is C23H16N8O4S. The zero-order valence-electron chi connectivity index (χ0n) is 18.9. The number of benzene rings is 2. The minimum atomic E-state index is -0.520. The molecule has 0 aliphatic heterocycles. The molecule has 0 aliphatic rings. The summed E-state index contributed by atoms with van der Waals surface area (Å²) in [4.78, 5) is 26.1. The number of hydrogen-bond donors (Lipinski definition) is 1. The van der Waals surface area contributed by atoms with Crippen LogP contribution in [0.25, 0.3) is 32.4 Å². The normalized spacial score (nSPS) is 11.7. The number of azo groups is 1. The van der Waals surface area contributed by atoms with Crippen LogP contribution in [-0.2, 0) is 0 Å². The van der Waals surface area contributed by atoms with Crippen molar-refractivity contribution in [3.8, 4) is 22.3 Å². The molecule has 0 bridgehead atoms. The molecule has 0 saturated heterocycles. The molecule has 6 aromatic rings. The molecule has 4 heterocycles. The van der Waals surface area contributed by atoms with Gasteiger partial charge in [0.1, 0.15) is 11.3 Å². The summed E-state index contributed by atoms with van der Waals surface area (Å²) in [5.74, 6) is 0.744. The van der Waals surface area contributed by atoms with Gasteiger partial charge in [0.05, 0.1) is 24.1 Å². The van der Waals surface area contributed by atoms with Crippen molar-refractivity contribution in [2.75, 3.05) is 7.11 Å². The standard InChI is InChI=1S/C23H16N8O4S/c1-12-18(25-24-14-7-5-8-15(11-14)34-2)20(32)30(28-12)22-26-27-23-31(22)29-19(36-23)16-10-13-6-3-4-9-17(13)35-21(16)33/h3-11,28H,1-2H3. The predicted octanol–water partition coefficient (Wildman–Crippen LogP) is 4.17. The van der Waals surface area contributed by atoms with Gasteiger partial charge in [0.2, 0.25) is 4.96 Å². The summed E-state index contributed by atoms with van der Waals surface area (Å²) < 4.78 is 13.2. The Kier molecular flexibility index (Phi) is 5.04. The lowest BCUT2D eigenvalue weighted by Gasteiger charge is -1.98. The Balaban J connectivity index is 1.40. The van der Waals surface area contributed by atoms with Crippen molar-refractivity contribution in [2.24, 2.45) is 10.2 Å². The third-order valence-electron chi connectivity index (χ3n) is 5.41. The van der Waals surface area contributed by atoms with Crippen LogP contribution in [0.3, 0.4) is 0 Å². The Hall–Kier alpha value is -4.91. The minimum Gasteiger partial charge on any atom is -0.497 e. The topological polar surface area (TPSA) is 145 Å². The highest BCUT2D eigenvalue weighted by Crippen LogP contribution is 2.27. The van der Waals surface area contributed by atoms with Crippen LogP contribution >= 0.6 is 11.3 Å². The van der Waals surface area contributed by atoms with Crippen molar-refractivity contribution in [1.29, 1.82) is 0 Å². The maximum atomic E-state index is 13.1. The van der Waals surface area contributed by atoms with Crippen molar-refractivity contribution in [3.63, 3.8) is 0 Å². The Bertz CT molecular complexity index is 1910. The molecule has 0 aliphatic carbocycles. The van der Waals surface area contributed by atoms with Crippen molar-refractivity contribution in [3.05, 3.63) is 81.1 Å². The van der Waals surface area contributed by atoms with Crippen LogP contribution in [0.15, 0.2) is 78.8 Å². The van der Waals surface area contributed by atoms with E-state index in [1.807, 2.05) is 12.1 Å². The summed E-state index contributed by atoms with van der Waals surface area (Å²) in [5, 5.41) is 25.1. The van der Waals surface area contributed by atoms with Gasteiger partial charge in [-0.15, -0.1) is 15.3 Å². The lowest BCUT2D eigenvalue weighted by molar-refractivity contribution is 0.415. The highest BCUT2D eigenvalue weighted by Gasteiger charge is 2.21. The SMILES string of the molecule is COc1cccc(N=Nc2c(C)[nH]n(-c3nnc4sc(-c5cc6ccccc6oc5=O)nn34)c2=O)c1. The molecule has 0 fully saturated rings. The van der Waals surface area contributed by atoms with Gasteiger partial charge in [-0.05, 0) is 31.2 Å². The van der Waals surface area contributed by atoms with E-state index in [2.05, 4.69) is 30.6 Å². The number of para-hydroxylation sites is 1. The molecule has 13 heteroatoms. The van der Waals surface area contributed by atoms with Gasteiger partial charge in [-0.3, -0.25) is 9.89 Å². The fourth-order valence-corrected chi connectivity index (χ4v) is 4.48. The lowest BCUT2D eigenvalue weighted by atomic mass is 10.2. The molecule has 2 aromatic carbocycles. The van der Waals surface area contributed by atoms with Gasteiger partial charge in [0.15, 0.2) is 10.7 Å². The Morgan fingerprint density at radius 1 is 1.06 bits per heavy atom. The van der Waals surface area contributed by atoms with E-state index < -0.39 is 11.2 Å². The first-order chi connectivity index (χ1) is 17.5. The minimum absolute atomic E-state index is 0.111. The first kappa shape index (κ1) is 21.6. The number of ether oxygens (including phenoxy) is 1. The number of methoxy groups -OCH3 is 1. The summed E-state index contributed by atoms with van der Waals surface area (Å²) in [6, 6.07) is 15.9. The van der Waals surface area contributed by atoms with E-state index in [-0.39, 0.29) is 17.2 Å². The summed E-state index contributed by atoms with van der Waals surface area (Å²) in [6.45, 7) is 1.70. The fraction of sp³-hybridized carbons (Fsp3) is 0.0870. The molecule has 0 amide bonds. The molecule has 0 radical (unpaired) electrons. The third kappa shape index (κ3) is 3.58. The van der Waals surface area contributed by atoms with Crippen LogP contribution in [-0.4, -0.2) is 36.7 Å². The van der Waals surface area contributed by atoms with Gasteiger partial charge in [0, 0.05) is 11.5 Å². The molecule has 12 nitrogen and oxygen atoms in total. The van der Waals surface area contributed by atoms with E-state index in [1.165, 1.54) is 9.20 Å². The maximum Gasteiger partial charge on any atom is 0.346 e. The highest BCUT2D eigenvalue weighted by atomic mass is 32.1. The Morgan fingerprint density at radius 2 is 1.92 bits per heavy atom. The van der Waals surface area contributed by atoms with Gasteiger partial charge < -0.3 is 9.15 Å². The highest BCUT2D eigenvalue weighted by molar-refractivity contribution is 7.19. The fourth-order valence-electron chi connectivity index (χ4n) is 3.64. The number of hydrogen-bond acceptors (Lipinski definition) is 10. The number of aryl methyl sites for hydroxylation is 1. The van der Waals surface area contributed by atoms with Gasteiger partial charge in [-0.1, -0.05) is 35.6 Å². The lowest BCUT2D eigenvalue weighted by Crippen LogP contribution is -2.17. The molecule has 178 valence electrons. The summed E-state index contributed by atoms with van der Waals surface area (Å²) in [7, 11) is 1.56. The van der Waals surface area contributed by atoms with E-state index in [1.54, 1.807) is 56.5 Å². The monoisotopic (exact) mass is 500 g/mol. The second kappa shape index (κ2) is 8.39. The van der Waals surface area contributed by atoms with Gasteiger partial charge in [0.25, 0.3) is 5.95 Å². The van der Waals surface area contributed by atoms with E-state index in [4.69, 9.17) is 9.15 Å². The van der Waals surface area contributed by atoms with Gasteiger partial charge in [-0.25, -0.2) is 4.79 Å². The zero-order valence-corrected chi connectivity index (χ0v) is 19.7. The quantitative estimate of drug-likeness (QED) is 0.276. The molecule has 4 aromatic heterocycles. The van der Waals surface area contributed by atoms with Crippen molar-refractivity contribution >= 4 is 38.6 Å². The van der Waals surface area contributed by atoms with Crippen LogP contribution in [0.1, 0.15) is 5.69 Å². The largest absolute Gasteiger partial charge is 0.497 e. The molecule has 6 rings (SSSR count). The summed E-state index contributed by atoms with van der Waals surface area (Å²) >= 11 is 1.15. The van der Waals surface area contributed by atoms with Gasteiger partial charge >= 0.3 is 11.2 Å². The average molecular weight is 501 g/mol. The average Bonchev–Trinajstić information content (AvgIpc) is 3.55. The van der Waals surface area contributed by atoms with Crippen molar-refractivity contribution in [2.45, 2.75) is 6.92 Å². The van der Waals surface area contributed by atoms with E-state index in [0.717, 1.165) is 16.7 Å². The van der Waals surface area contributed by atoms with E-state index in [0.29, 0.717) is 32.7 Å². The molecule has 0 atom stereocenters. The molecule has 0 spiro atoms. The van der Waals surface area contributed by atoms with Crippen LogP contribution in [0.2, 0.25) is 0 Å². The van der Waals surface area contributed by atoms with Crippen LogP contribution in [0, 0.1) is 6.92 Å². The summed E-state index contributed by atoms with van der Waals surface area (Å²) in [6.07, 6.45) is 0. The smallest absolute Gasteiger partial charge is 0.346 e. The predicted molar refractivity (Wildman–Crippen MR) is 132 cm³/mol. The number of aromatic nitrogens is 6. The number of rotatable bonds is 5. The molecule has 0 saturated carbocycles. The Morgan fingerprint density at radius 3 is 2.78 bits per heavy atom. The van der Waals surface area contributed by atoms with Gasteiger partial charge in [-0.2, -0.15) is 19.4 Å². The molecule has 1 N–H and O–H groups in total. The zero-order chi connectivity index (χ0) is 24.8. The number of nitrogens with zero attached hydrogens (tertiary/aromatic N) is 7. The second-order valence-corrected chi connectivity index (χ2v) is 8.67. The Labute approximate surface area is 205 Å². The second-order valence-electron chi connectivity index (χ2n) is 7.71. The molecule has 0 unspecified atom stereocenters. The number of H-pyrrole nitrogens is 1. The van der Waals surface area contributed by atoms with Crippen molar-refractivity contribution in [1.82, 2.24) is 29.6 Å². The summed E-state index contributed by atoms with van der Waals surface area (Å²) in [5.41, 5.74) is 0.900. The number of aromatic amines is 1. The molecule has 36 heavy (non-hydrogen) atoms. The van der Waals surface area contributed by atoms with Crippen molar-refractivity contribution < 1.29 is 9.15 Å². The van der Waals surface area contributed by atoms with Crippen LogP contribution < -0.4 is 15.9 Å². The van der Waals surface area contributed by atoms with E-state index in [9.17, 15) is 9.59 Å². The first-order valence-electron chi connectivity index (χ1n) is 10.6. The maximum absolute atomic E-state index is 13.1. The number of nitrogens with one attached hydrogen (secondary N) is 1. The van der Waals surface area contributed by atoms with E-state index >= 15 is 0 Å². The van der Waals surface area contributed by atoms with Crippen LogP contribution in [0.5, 0.6) is 5.75 Å². The number of fused-ring (bicyclic) bond motifs is 2. The van der Waals surface area contributed by atoms with Crippen LogP contribution in [0.4, 0.5) is 11.4 Å².